The molecule has 0 spiro atoms. The van der Waals surface area contributed by atoms with E-state index in [2.05, 4.69) is 4.90 Å². The van der Waals surface area contributed by atoms with Crippen LogP contribution in [0.25, 0.3) is 0 Å². The van der Waals surface area contributed by atoms with E-state index >= 15 is 0 Å². The van der Waals surface area contributed by atoms with Gasteiger partial charge in [-0.3, -0.25) is 9.69 Å². The first-order chi connectivity index (χ1) is 9.04. The molecule has 0 aliphatic rings. The normalized spacial score (nSPS) is 14.3. The van der Waals surface area contributed by atoms with Crippen LogP contribution < -0.4 is 0 Å². The summed E-state index contributed by atoms with van der Waals surface area (Å²) in [5.41, 5.74) is -0.0660. The maximum atomic E-state index is 11.7. The van der Waals surface area contributed by atoms with Crippen LogP contribution >= 0.6 is 0 Å². The van der Waals surface area contributed by atoms with E-state index in [1.165, 1.54) is 0 Å². The molecule has 0 aliphatic carbocycles. The molecule has 1 atom stereocenters. The highest BCUT2D eigenvalue weighted by molar-refractivity contribution is 5.81. The van der Waals surface area contributed by atoms with Crippen molar-refractivity contribution in [1.29, 1.82) is 0 Å². The molecule has 0 aromatic heterocycles. The maximum absolute atomic E-state index is 11.7. The van der Waals surface area contributed by atoms with Gasteiger partial charge in [0, 0.05) is 20.2 Å². The third-order valence-corrected chi connectivity index (χ3v) is 3.48. The smallest absolute Gasteiger partial charge is 0.315 e. The second kappa shape index (κ2) is 7.26. The van der Waals surface area contributed by atoms with Crippen LogP contribution in [0.4, 0.5) is 0 Å². The van der Waals surface area contributed by atoms with E-state index in [1.807, 2.05) is 37.3 Å². The SMILES string of the molecule is CCN(CCOC)CC(C)(C(=O)O)c1ccccc1. The van der Waals surface area contributed by atoms with Gasteiger partial charge in [-0.25, -0.2) is 0 Å². The van der Waals surface area contributed by atoms with Crippen molar-refractivity contribution in [3.8, 4) is 0 Å². The van der Waals surface area contributed by atoms with Crippen molar-refractivity contribution < 1.29 is 14.6 Å². The van der Waals surface area contributed by atoms with Crippen molar-refractivity contribution in [2.75, 3.05) is 33.4 Å². The Kier molecular flexibility index (Phi) is 5.99. The summed E-state index contributed by atoms with van der Waals surface area (Å²) in [6.07, 6.45) is 0. The minimum atomic E-state index is -0.898. The molecule has 0 aliphatic heterocycles. The Morgan fingerprint density at radius 1 is 1.37 bits per heavy atom. The largest absolute Gasteiger partial charge is 0.481 e. The van der Waals surface area contributed by atoms with Gasteiger partial charge in [0.15, 0.2) is 0 Å². The van der Waals surface area contributed by atoms with E-state index in [9.17, 15) is 9.90 Å². The van der Waals surface area contributed by atoms with Crippen molar-refractivity contribution >= 4 is 5.97 Å². The van der Waals surface area contributed by atoms with Crippen LogP contribution in [0.2, 0.25) is 0 Å². The molecule has 1 rings (SSSR count). The Balaban J connectivity index is 2.91. The van der Waals surface area contributed by atoms with E-state index in [1.54, 1.807) is 14.0 Å². The first-order valence-corrected chi connectivity index (χ1v) is 6.54. The zero-order valence-corrected chi connectivity index (χ0v) is 11.9. The molecular formula is C15H23NO3. The van der Waals surface area contributed by atoms with Crippen molar-refractivity contribution in [3.63, 3.8) is 0 Å². The number of hydrogen-bond acceptors (Lipinski definition) is 3. The van der Waals surface area contributed by atoms with Crippen LogP contribution in [-0.4, -0.2) is 49.3 Å². The molecule has 0 saturated carbocycles. The van der Waals surface area contributed by atoms with E-state index in [4.69, 9.17) is 4.74 Å². The highest BCUT2D eigenvalue weighted by atomic mass is 16.5. The molecule has 0 saturated heterocycles. The van der Waals surface area contributed by atoms with Crippen LogP contribution in [0, 0.1) is 0 Å². The molecule has 4 heteroatoms. The highest BCUT2D eigenvalue weighted by Gasteiger charge is 2.36. The second-order valence-electron chi connectivity index (χ2n) is 4.86. The third-order valence-electron chi connectivity index (χ3n) is 3.48. The number of likely N-dealkylation sites (N-methyl/N-ethyl adjacent to an activating group) is 1. The number of carboxylic acid groups (broad SMARTS) is 1. The molecule has 0 heterocycles. The first kappa shape index (κ1) is 15.7. The molecule has 0 amide bonds. The van der Waals surface area contributed by atoms with Gasteiger partial charge in [-0.15, -0.1) is 0 Å². The third kappa shape index (κ3) is 4.04. The van der Waals surface area contributed by atoms with Crippen LogP contribution in [0.5, 0.6) is 0 Å². The lowest BCUT2D eigenvalue weighted by Crippen LogP contribution is -2.45. The Hall–Kier alpha value is -1.39. The lowest BCUT2D eigenvalue weighted by atomic mass is 9.82. The monoisotopic (exact) mass is 265 g/mol. The first-order valence-electron chi connectivity index (χ1n) is 6.54. The summed E-state index contributed by atoms with van der Waals surface area (Å²) >= 11 is 0. The molecule has 1 aromatic rings. The van der Waals surface area contributed by atoms with E-state index in [-0.39, 0.29) is 0 Å². The van der Waals surface area contributed by atoms with Gasteiger partial charge in [0.25, 0.3) is 0 Å². The van der Waals surface area contributed by atoms with Gasteiger partial charge in [-0.05, 0) is 19.0 Å². The molecule has 4 nitrogen and oxygen atoms in total. The zero-order valence-electron chi connectivity index (χ0n) is 11.9. The van der Waals surface area contributed by atoms with Crippen molar-refractivity contribution in [1.82, 2.24) is 4.90 Å². The number of aliphatic carboxylic acids is 1. The molecule has 0 fully saturated rings. The Morgan fingerprint density at radius 3 is 2.47 bits per heavy atom. The lowest BCUT2D eigenvalue weighted by Gasteiger charge is -2.32. The fraction of sp³-hybridized carbons (Fsp3) is 0.533. The van der Waals surface area contributed by atoms with E-state index in [0.717, 1.165) is 18.7 Å². The van der Waals surface area contributed by atoms with Gasteiger partial charge in [-0.1, -0.05) is 37.3 Å². The predicted molar refractivity (Wildman–Crippen MR) is 75.4 cm³/mol. The van der Waals surface area contributed by atoms with Crippen LogP contribution in [0.1, 0.15) is 19.4 Å². The molecule has 1 aromatic carbocycles. The number of methoxy groups -OCH3 is 1. The quantitative estimate of drug-likeness (QED) is 0.781. The van der Waals surface area contributed by atoms with Crippen molar-refractivity contribution in [3.05, 3.63) is 35.9 Å². The molecule has 0 bridgehead atoms. The Morgan fingerprint density at radius 2 is 2.00 bits per heavy atom. The molecule has 1 unspecified atom stereocenters. The molecular weight excluding hydrogens is 242 g/mol. The number of carboxylic acids is 1. The summed E-state index contributed by atoms with van der Waals surface area (Å²) in [6.45, 7) is 6.44. The number of carbonyl (C=O) groups is 1. The summed E-state index contributed by atoms with van der Waals surface area (Å²) in [4.78, 5) is 13.8. The molecule has 106 valence electrons. The Labute approximate surface area is 115 Å². The van der Waals surface area contributed by atoms with Crippen LogP contribution in [0.15, 0.2) is 30.3 Å². The van der Waals surface area contributed by atoms with E-state index < -0.39 is 11.4 Å². The lowest BCUT2D eigenvalue weighted by molar-refractivity contribution is -0.144. The van der Waals surface area contributed by atoms with Gasteiger partial charge in [-0.2, -0.15) is 0 Å². The minimum absolute atomic E-state index is 0.478. The number of nitrogens with zero attached hydrogens (tertiary/aromatic N) is 1. The summed E-state index contributed by atoms with van der Waals surface area (Å²) in [7, 11) is 1.65. The highest BCUT2D eigenvalue weighted by Crippen LogP contribution is 2.25. The number of rotatable bonds is 8. The number of ether oxygens (including phenoxy) is 1. The molecule has 19 heavy (non-hydrogen) atoms. The fourth-order valence-electron chi connectivity index (χ4n) is 2.10. The molecule has 0 radical (unpaired) electrons. The zero-order chi connectivity index (χ0) is 14.3. The maximum Gasteiger partial charge on any atom is 0.315 e. The topological polar surface area (TPSA) is 49.8 Å². The number of benzene rings is 1. The van der Waals surface area contributed by atoms with Crippen molar-refractivity contribution in [2.45, 2.75) is 19.3 Å². The predicted octanol–water partition coefficient (Wildman–Crippen LogP) is 2.00. The average Bonchev–Trinajstić information content (AvgIpc) is 2.43. The summed E-state index contributed by atoms with van der Waals surface area (Å²) in [5.74, 6) is -0.797. The number of hydrogen-bond donors (Lipinski definition) is 1. The van der Waals surface area contributed by atoms with Crippen molar-refractivity contribution in [2.24, 2.45) is 0 Å². The van der Waals surface area contributed by atoms with Crippen LogP contribution in [-0.2, 0) is 14.9 Å². The van der Waals surface area contributed by atoms with Gasteiger partial charge in [0.2, 0.25) is 0 Å². The second-order valence-corrected chi connectivity index (χ2v) is 4.86. The standard InChI is InChI=1S/C15H23NO3/c1-4-16(10-11-19-3)12-15(2,14(17)18)13-8-6-5-7-9-13/h5-9H,4,10-12H2,1-3H3,(H,17,18). The van der Waals surface area contributed by atoms with E-state index in [0.29, 0.717) is 13.2 Å². The van der Waals surface area contributed by atoms with Gasteiger partial charge in [0.05, 0.1) is 6.61 Å². The van der Waals surface area contributed by atoms with Gasteiger partial charge < -0.3 is 9.84 Å². The van der Waals surface area contributed by atoms with Crippen LogP contribution in [0.3, 0.4) is 0 Å². The average molecular weight is 265 g/mol. The van der Waals surface area contributed by atoms with Gasteiger partial charge >= 0.3 is 5.97 Å². The molecule has 1 N–H and O–H groups in total. The minimum Gasteiger partial charge on any atom is -0.481 e. The Bertz CT molecular complexity index is 394. The summed E-state index contributed by atoms with van der Waals surface area (Å²) < 4.78 is 5.07. The fourth-order valence-corrected chi connectivity index (χ4v) is 2.10. The van der Waals surface area contributed by atoms with Gasteiger partial charge in [0.1, 0.15) is 5.41 Å². The summed E-state index contributed by atoms with van der Waals surface area (Å²) in [6, 6.07) is 9.40. The summed E-state index contributed by atoms with van der Waals surface area (Å²) in [5, 5.41) is 9.60.